The monoisotopic (exact) mass is 185 g/mol. The van der Waals surface area contributed by atoms with Crippen molar-refractivity contribution in [2.24, 2.45) is 0 Å². The predicted molar refractivity (Wildman–Crippen MR) is 41.1 cm³/mol. The topological polar surface area (TPSA) is 46.2 Å². The van der Waals surface area contributed by atoms with Crippen LogP contribution >= 0.6 is 0 Å². The maximum Gasteiger partial charge on any atom is 0.288 e. The predicted octanol–water partition coefficient (Wildman–Crippen LogP) is 1.10. The van der Waals surface area contributed by atoms with Gasteiger partial charge in [-0.05, 0) is 12.1 Å². The second-order valence-electron chi connectivity index (χ2n) is 2.23. The van der Waals surface area contributed by atoms with E-state index in [1.807, 2.05) is 5.32 Å². The number of hydrogen-bond donors (Lipinski definition) is 1. The number of aldehydes is 1. The minimum Gasteiger partial charge on any atom is -0.317 e. The van der Waals surface area contributed by atoms with E-state index in [2.05, 4.69) is 0 Å². The van der Waals surface area contributed by atoms with E-state index in [1.165, 1.54) is 0 Å². The Hall–Kier alpha value is -1.78. The number of anilines is 1. The van der Waals surface area contributed by atoms with E-state index in [1.54, 1.807) is 0 Å². The number of carbonyl (C=O) groups excluding carboxylic acids is 2. The van der Waals surface area contributed by atoms with Crippen molar-refractivity contribution in [3.8, 4) is 0 Å². The van der Waals surface area contributed by atoms with Crippen molar-refractivity contribution in [3.05, 3.63) is 29.8 Å². The summed E-state index contributed by atoms with van der Waals surface area (Å²) in [7, 11) is 0. The van der Waals surface area contributed by atoms with Gasteiger partial charge in [-0.15, -0.1) is 0 Å². The van der Waals surface area contributed by atoms with Gasteiger partial charge in [-0.1, -0.05) is 0 Å². The van der Waals surface area contributed by atoms with Gasteiger partial charge in [0.15, 0.2) is 0 Å². The quantitative estimate of drug-likeness (QED) is 0.554. The molecule has 0 atom stereocenters. The normalized spacial score (nSPS) is 9.38. The third-order valence-corrected chi connectivity index (χ3v) is 1.30. The summed E-state index contributed by atoms with van der Waals surface area (Å²) in [6.45, 7) is 0. The molecule has 0 saturated carbocycles. The Balaban J connectivity index is 2.89. The Morgan fingerprint density at radius 2 is 2.08 bits per heavy atom. The van der Waals surface area contributed by atoms with Crippen LogP contribution in [-0.4, -0.2) is 12.2 Å². The van der Waals surface area contributed by atoms with Crippen molar-refractivity contribution in [3.63, 3.8) is 0 Å². The molecular weight excluding hydrogens is 180 g/mol. The summed E-state index contributed by atoms with van der Waals surface area (Å²) in [6, 6.07) is 2.62. The zero-order chi connectivity index (χ0) is 9.84. The molecule has 0 aliphatic heterocycles. The molecule has 1 amide bonds. The molecule has 0 aliphatic carbocycles. The van der Waals surface area contributed by atoms with Gasteiger partial charge in [0.2, 0.25) is 6.29 Å². The summed E-state index contributed by atoms with van der Waals surface area (Å²) in [5.74, 6) is -2.65. The zero-order valence-electron chi connectivity index (χ0n) is 6.38. The molecule has 0 fully saturated rings. The van der Waals surface area contributed by atoms with Crippen molar-refractivity contribution in [2.45, 2.75) is 0 Å². The molecular formula is C8H5F2NO2. The number of amides is 1. The highest BCUT2D eigenvalue weighted by Crippen LogP contribution is 2.14. The Labute approximate surface area is 72.4 Å². The lowest BCUT2D eigenvalue weighted by Crippen LogP contribution is -2.13. The lowest BCUT2D eigenvalue weighted by atomic mass is 10.3. The molecule has 0 saturated heterocycles. The van der Waals surface area contributed by atoms with Crippen molar-refractivity contribution < 1.29 is 18.4 Å². The fourth-order valence-corrected chi connectivity index (χ4v) is 0.753. The third kappa shape index (κ3) is 2.33. The van der Waals surface area contributed by atoms with Crippen LogP contribution in [0.1, 0.15) is 0 Å². The fourth-order valence-electron chi connectivity index (χ4n) is 0.753. The van der Waals surface area contributed by atoms with E-state index in [0.29, 0.717) is 6.07 Å². The van der Waals surface area contributed by atoms with E-state index in [0.717, 1.165) is 12.1 Å². The molecule has 0 aliphatic rings. The van der Waals surface area contributed by atoms with Gasteiger partial charge in [-0.3, -0.25) is 9.59 Å². The van der Waals surface area contributed by atoms with Gasteiger partial charge in [0, 0.05) is 6.07 Å². The molecule has 1 N–H and O–H groups in total. The zero-order valence-corrected chi connectivity index (χ0v) is 6.38. The average molecular weight is 185 g/mol. The molecule has 68 valence electrons. The molecule has 1 rings (SSSR count). The lowest BCUT2D eigenvalue weighted by Gasteiger charge is -2.01. The highest BCUT2D eigenvalue weighted by atomic mass is 19.1. The molecule has 0 aromatic heterocycles. The molecule has 3 nitrogen and oxygen atoms in total. The number of halogens is 2. The van der Waals surface area contributed by atoms with Crippen LogP contribution in [0.2, 0.25) is 0 Å². The first-order chi connectivity index (χ1) is 6.13. The second kappa shape index (κ2) is 3.75. The minimum atomic E-state index is -0.981. The van der Waals surface area contributed by atoms with Crippen LogP contribution in [0.25, 0.3) is 0 Å². The summed E-state index contributed by atoms with van der Waals surface area (Å²) in [6.07, 6.45) is 0.00277. The summed E-state index contributed by atoms with van der Waals surface area (Å²) >= 11 is 0. The van der Waals surface area contributed by atoms with Crippen molar-refractivity contribution >= 4 is 17.9 Å². The number of rotatable bonds is 2. The Kier molecular flexibility index (Phi) is 2.69. The van der Waals surface area contributed by atoms with Gasteiger partial charge in [0.1, 0.15) is 11.6 Å². The van der Waals surface area contributed by atoms with E-state index in [-0.39, 0.29) is 12.0 Å². The summed E-state index contributed by atoms with van der Waals surface area (Å²) < 4.78 is 25.1. The van der Waals surface area contributed by atoms with Crippen LogP contribution < -0.4 is 5.32 Å². The first-order valence-electron chi connectivity index (χ1n) is 3.34. The van der Waals surface area contributed by atoms with Gasteiger partial charge < -0.3 is 5.32 Å². The number of carbonyl (C=O) groups is 2. The molecule has 0 spiro atoms. The maximum absolute atomic E-state index is 12.8. The Morgan fingerprint density at radius 3 is 2.62 bits per heavy atom. The van der Waals surface area contributed by atoms with E-state index in [9.17, 15) is 18.4 Å². The number of hydrogen-bond acceptors (Lipinski definition) is 2. The van der Waals surface area contributed by atoms with Crippen LogP contribution in [0.5, 0.6) is 0 Å². The largest absolute Gasteiger partial charge is 0.317 e. The molecule has 5 heteroatoms. The van der Waals surface area contributed by atoms with Gasteiger partial charge in [-0.25, -0.2) is 8.78 Å². The van der Waals surface area contributed by atoms with Gasteiger partial charge in [0.05, 0.1) is 5.69 Å². The SMILES string of the molecule is O=CC(=O)Nc1ccc(F)cc1F. The third-order valence-electron chi connectivity index (χ3n) is 1.30. The molecule has 1 aromatic rings. The molecule has 13 heavy (non-hydrogen) atoms. The fraction of sp³-hybridized carbons (Fsp3) is 0. The van der Waals surface area contributed by atoms with Crippen molar-refractivity contribution in [1.82, 2.24) is 0 Å². The summed E-state index contributed by atoms with van der Waals surface area (Å²) in [5, 5.41) is 1.94. The maximum atomic E-state index is 12.8. The van der Waals surface area contributed by atoms with E-state index in [4.69, 9.17) is 0 Å². The molecule has 1 aromatic carbocycles. The molecule has 0 heterocycles. The smallest absolute Gasteiger partial charge is 0.288 e. The van der Waals surface area contributed by atoms with Gasteiger partial charge in [-0.2, -0.15) is 0 Å². The summed E-state index contributed by atoms with van der Waals surface area (Å²) in [5.41, 5.74) is -0.224. The minimum absolute atomic E-state index is 0.00277. The van der Waals surface area contributed by atoms with Crippen LogP contribution in [-0.2, 0) is 9.59 Å². The lowest BCUT2D eigenvalue weighted by molar-refractivity contribution is -0.127. The Morgan fingerprint density at radius 1 is 1.38 bits per heavy atom. The van der Waals surface area contributed by atoms with Crippen LogP contribution in [0.3, 0.4) is 0 Å². The van der Waals surface area contributed by atoms with Crippen LogP contribution in [0.4, 0.5) is 14.5 Å². The highest BCUT2D eigenvalue weighted by Gasteiger charge is 2.05. The molecule has 0 unspecified atom stereocenters. The van der Waals surface area contributed by atoms with Crippen LogP contribution in [0, 0.1) is 11.6 Å². The van der Waals surface area contributed by atoms with E-state index >= 15 is 0 Å². The van der Waals surface area contributed by atoms with Crippen LogP contribution in [0.15, 0.2) is 18.2 Å². The molecule has 0 bridgehead atoms. The molecule has 0 radical (unpaired) electrons. The standard InChI is InChI=1S/C8H5F2NO2/c9-5-1-2-7(6(10)3-5)11-8(13)4-12/h1-4H,(H,11,13). The van der Waals surface area contributed by atoms with Crippen molar-refractivity contribution in [2.75, 3.05) is 5.32 Å². The highest BCUT2D eigenvalue weighted by molar-refractivity contribution is 6.29. The number of benzene rings is 1. The summed E-state index contributed by atoms with van der Waals surface area (Å²) in [4.78, 5) is 20.4. The Bertz CT molecular complexity index is 352. The van der Waals surface area contributed by atoms with Gasteiger partial charge >= 0.3 is 0 Å². The van der Waals surface area contributed by atoms with Gasteiger partial charge in [0.25, 0.3) is 5.91 Å². The first kappa shape index (κ1) is 9.31. The first-order valence-corrected chi connectivity index (χ1v) is 3.34. The second-order valence-corrected chi connectivity index (χ2v) is 2.23. The van der Waals surface area contributed by atoms with E-state index < -0.39 is 17.5 Å². The van der Waals surface area contributed by atoms with Crippen molar-refractivity contribution in [1.29, 1.82) is 0 Å². The average Bonchev–Trinajstić information content (AvgIpc) is 2.09. The number of nitrogens with one attached hydrogen (secondary N) is 1.